The molecule has 0 bridgehead atoms. The minimum atomic E-state index is -0.202. The summed E-state index contributed by atoms with van der Waals surface area (Å²) in [5.74, 6) is -0.374. The average molecular weight is 322 g/mol. The second kappa shape index (κ2) is 4.04. The van der Waals surface area contributed by atoms with Crippen molar-refractivity contribution in [1.82, 2.24) is 0 Å². The van der Waals surface area contributed by atoms with Gasteiger partial charge in [0.05, 0.1) is 10.6 Å². The Hall–Kier alpha value is -1.45. The number of hydrogen-bond donors (Lipinski definition) is 0. The van der Waals surface area contributed by atoms with E-state index in [1.165, 1.54) is 0 Å². The maximum Gasteiger partial charge on any atom is 0.196 e. The van der Waals surface area contributed by atoms with E-state index in [1.54, 1.807) is 36.4 Å². The van der Waals surface area contributed by atoms with Gasteiger partial charge in [-0.2, -0.15) is 0 Å². The molecule has 0 atom stereocenters. The molecule has 0 fully saturated rings. The van der Waals surface area contributed by atoms with E-state index in [2.05, 4.69) is 15.9 Å². The lowest BCUT2D eigenvalue weighted by Crippen LogP contribution is -2.21. The lowest BCUT2D eigenvalue weighted by Gasteiger charge is -2.19. The zero-order chi connectivity index (χ0) is 12.9. The lowest BCUT2D eigenvalue weighted by atomic mass is 9.84. The van der Waals surface area contributed by atoms with Crippen molar-refractivity contribution in [3.8, 4) is 0 Å². The molecule has 2 aromatic carbocycles. The van der Waals surface area contributed by atoms with E-state index >= 15 is 0 Å². The Balaban J connectivity index is 2.41. The van der Waals surface area contributed by atoms with Crippen LogP contribution in [0.2, 0.25) is 5.02 Å². The molecule has 0 amide bonds. The fourth-order valence-corrected chi connectivity index (χ4v) is 2.90. The van der Waals surface area contributed by atoms with Crippen molar-refractivity contribution in [3.63, 3.8) is 0 Å². The minimum absolute atomic E-state index is 0.172. The third-order valence-electron chi connectivity index (χ3n) is 2.97. The molecule has 0 aromatic heterocycles. The molecule has 3 rings (SSSR count). The Bertz CT molecular complexity index is 647. The Morgan fingerprint density at radius 1 is 0.833 bits per heavy atom. The minimum Gasteiger partial charge on any atom is -0.289 e. The molecule has 0 N–H and O–H groups in total. The largest absolute Gasteiger partial charge is 0.289 e. The van der Waals surface area contributed by atoms with Crippen LogP contribution in [0.4, 0.5) is 0 Å². The van der Waals surface area contributed by atoms with Crippen molar-refractivity contribution in [2.75, 3.05) is 0 Å². The first-order chi connectivity index (χ1) is 8.61. The van der Waals surface area contributed by atoms with Gasteiger partial charge in [-0.25, -0.2) is 0 Å². The van der Waals surface area contributed by atoms with Crippen LogP contribution < -0.4 is 0 Å². The molecule has 88 valence electrons. The van der Waals surface area contributed by atoms with Gasteiger partial charge < -0.3 is 0 Å². The second-order valence-electron chi connectivity index (χ2n) is 3.98. The van der Waals surface area contributed by atoms with Gasteiger partial charge in [0.2, 0.25) is 0 Å². The zero-order valence-electron chi connectivity index (χ0n) is 9.04. The summed E-state index contributed by atoms with van der Waals surface area (Å²) in [5.41, 5.74) is 1.48. The molecular formula is C14H6BrClO2. The maximum atomic E-state index is 12.4. The number of carbonyl (C=O) groups is 2. The van der Waals surface area contributed by atoms with E-state index in [9.17, 15) is 9.59 Å². The van der Waals surface area contributed by atoms with Crippen LogP contribution in [-0.4, -0.2) is 11.6 Å². The number of rotatable bonds is 0. The van der Waals surface area contributed by atoms with Gasteiger partial charge in [0, 0.05) is 21.2 Å². The summed E-state index contributed by atoms with van der Waals surface area (Å²) in [5, 5.41) is 0.307. The summed E-state index contributed by atoms with van der Waals surface area (Å²) in [7, 11) is 0. The van der Waals surface area contributed by atoms with Crippen molar-refractivity contribution >= 4 is 39.1 Å². The van der Waals surface area contributed by atoms with Crippen LogP contribution >= 0.6 is 27.5 Å². The quantitative estimate of drug-likeness (QED) is 0.630. The van der Waals surface area contributed by atoms with Crippen LogP contribution in [0.25, 0.3) is 0 Å². The van der Waals surface area contributed by atoms with Crippen LogP contribution in [0.15, 0.2) is 40.9 Å². The normalized spacial score (nSPS) is 13.2. The molecule has 0 spiro atoms. The Morgan fingerprint density at radius 3 is 2.00 bits per heavy atom. The molecular weight excluding hydrogens is 316 g/mol. The monoisotopic (exact) mass is 320 g/mol. The van der Waals surface area contributed by atoms with Gasteiger partial charge in [0.15, 0.2) is 11.6 Å². The van der Waals surface area contributed by atoms with E-state index in [0.29, 0.717) is 26.2 Å². The maximum absolute atomic E-state index is 12.4. The molecule has 0 heterocycles. The third kappa shape index (κ3) is 1.48. The van der Waals surface area contributed by atoms with Gasteiger partial charge in [0.1, 0.15) is 0 Å². The Morgan fingerprint density at radius 2 is 1.39 bits per heavy atom. The molecule has 0 unspecified atom stereocenters. The first-order valence-electron chi connectivity index (χ1n) is 5.27. The number of halogens is 2. The van der Waals surface area contributed by atoms with Gasteiger partial charge in [0.25, 0.3) is 0 Å². The van der Waals surface area contributed by atoms with Crippen LogP contribution in [-0.2, 0) is 0 Å². The SMILES string of the molecule is O=C1c2ccccc2C(=O)c2c(Br)ccc(Cl)c21. The van der Waals surface area contributed by atoms with Crippen molar-refractivity contribution < 1.29 is 9.59 Å². The van der Waals surface area contributed by atoms with Gasteiger partial charge in [-0.05, 0) is 12.1 Å². The standard InChI is InChI=1S/C14H6BrClO2/c15-9-5-6-10(16)12-11(9)13(17)7-3-1-2-4-8(7)14(12)18/h1-6H. The zero-order valence-corrected chi connectivity index (χ0v) is 11.4. The molecule has 0 saturated heterocycles. The van der Waals surface area contributed by atoms with Gasteiger partial charge in [-0.3, -0.25) is 9.59 Å². The smallest absolute Gasteiger partial charge is 0.196 e. The summed E-state index contributed by atoms with van der Waals surface area (Å²) in [6.07, 6.45) is 0. The first-order valence-corrected chi connectivity index (χ1v) is 6.45. The number of carbonyl (C=O) groups excluding carboxylic acids is 2. The fraction of sp³-hybridized carbons (Fsp3) is 0. The summed E-state index contributed by atoms with van der Waals surface area (Å²) >= 11 is 9.35. The molecule has 18 heavy (non-hydrogen) atoms. The van der Waals surface area contributed by atoms with E-state index in [1.807, 2.05) is 0 Å². The third-order valence-corrected chi connectivity index (χ3v) is 3.95. The first kappa shape index (κ1) is 11.6. The topological polar surface area (TPSA) is 34.1 Å². The highest BCUT2D eigenvalue weighted by Crippen LogP contribution is 2.35. The summed E-state index contributed by atoms with van der Waals surface area (Å²) in [6.45, 7) is 0. The highest BCUT2D eigenvalue weighted by Gasteiger charge is 2.32. The lowest BCUT2D eigenvalue weighted by molar-refractivity contribution is 0.0978. The number of hydrogen-bond acceptors (Lipinski definition) is 2. The summed E-state index contributed by atoms with van der Waals surface area (Å²) < 4.78 is 0.592. The Labute approximate surface area is 117 Å². The molecule has 0 saturated carbocycles. The molecule has 4 heteroatoms. The van der Waals surface area contributed by atoms with Crippen molar-refractivity contribution in [1.29, 1.82) is 0 Å². The van der Waals surface area contributed by atoms with E-state index < -0.39 is 0 Å². The van der Waals surface area contributed by atoms with Crippen molar-refractivity contribution in [2.24, 2.45) is 0 Å². The average Bonchev–Trinajstić information content (AvgIpc) is 2.38. The molecule has 2 aromatic rings. The predicted molar refractivity (Wildman–Crippen MR) is 72.5 cm³/mol. The number of ketones is 2. The second-order valence-corrected chi connectivity index (χ2v) is 5.24. The van der Waals surface area contributed by atoms with E-state index in [-0.39, 0.29) is 17.1 Å². The van der Waals surface area contributed by atoms with Gasteiger partial charge in [-0.15, -0.1) is 0 Å². The van der Waals surface area contributed by atoms with E-state index in [4.69, 9.17) is 11.6 Å². The highest BCUT2D eigenvalue weighted by atomic mass is 79.9. The van der Waals surface area contributed by atoms with E-state index in [0.717, 1.165) is 0 Å². The van der Waals surface area contributed by atoms with Crippen LogP contribution in [0.1, 0.15) is 31.8 Å². The highest BCUT2D eigenvalue weighted by molar-refractivity contribution is 9.10. The molecule has 0 radical (unpaired) electrons. The van der Waals surface area contributed by atoms with Crippen molar-refractivity contribution in [2.45, 2.75) is 0 Å². The van der Waals surface area contributed by atoms with Crippen LogP contribution in [0, 0.1) is 0 Å². The fourth-order valence-electron chi connectivity index (χ4n) is 2.14. The molecule has 1 aliphatic rings. The van der Waals surface area contributed by atoms with Gasteiger partial charge >= 0.3 is 0 Å². The predicted octanol–water partition coefficient (Wildman–Crippen LogP) is 3.88. The van der Waals surface area contributed by atoms with Crippen LogP contribution in [0.3, 0.4) is 0 Å². The molecule has 1 aliphatic carbocycles. The summed E-state index contributed by atoms with van der Waals surface area (Å²) in [6, 6.07) is 10.1. The number of fused-ring (bicyclic) bond motifs is 2. The molecule has 0 aliphatic heterocycles. The van der Waals surface area contributed by atoms with Gasteiger partial charge in [-0.1, -0.05) is 51.8 Å². The van der Waals surface area contributed by atoms with Crippen LogP contribution in [0.5, 0.6) is 0 Å². The Kier molecular flexibility index (Phi) is 2.61. The van der Waals surface area contributed by atoms with Crippen molar-refractivity contribution in [3.05, 3.63) is 68.1 Å². The number of benzene rings is 2. The molecule has 2 nitrogen and oxygen atoms in total. The summed E-state index contributed by atoms with van der Waals surface area (Å²) in [4.78, 5) is 24.8.